The van der Waals surface area contributed by atoms with Crippen molar-refractivity contribution in [3.05, 3.63) is 0 Å². The van der Waals surface area contributed by atoms with Crippen molar-refractivity contribution in [1.29, 1.82) is 0 Å². The summed E-state index contributed by atoms with van der Waals surface area (Å²) in [5.41, 5.74) is 6.42. The van der Waals surface area contributed by atoms with Gasteiger partial charge in [-0.25, -0.2) is 0 Å². The van der Waals surface area contributed by atoms with Crippen LogP contribution >= 0.6 is 0 Å². The standard InChI is InChI=1S/C14H30N2/c1-5-7-16(6-2)14(11-15)9-12(3)8-13(4)10-14/h12-13H,5-11,15H2,1-4H3. The molecule has 0 aliphatic heterocycles. The topological polar surface area (TPSA) is 29.3 Å². The van der Waals surface area contributed by atoms with Crippen LogP contribution in [-0.2, 0) is 0 Å². The van der Waals surface area contributed by atoms with Gasteiger partial charge in [0.05, 0.1) is 0 Å². The Balaban J connectivity index is 2.80. The van der Waals surface area contributed by atoms with Gasteiger partial charge >= 0.3 is 0 Å². The Labute approximate surface area is 102 Å². The van der Waals surface area contributed by atoms with E-state index in [1.165, 1.54) is 32.2 Å². The highest BCUT2D eigenvalue weighted by molar-refractivity contribution is 4.97. The molecule has 0 aromatic rings. The molecule has 1 fully saturated rings. The fourth-order valence-corrected chi connectivity index (χ4v) is 3.79. The maximum atomic E-state index is 6.13. The maximum absolute atomic E-state index is 6.13. The van der Waals surface area contributed by atoms with Crippen LogP contribution in [0.4, 0.5) is 0 Å². The van der Waals surface area contributed by atoms with E-state index in [4.69, 9.17) is 5.73 Å². The molecule has 1 aliphatic rings. The number of likely N-dealkylation sites (N-methyl/N-ethyl adjacent to an activating group) is 1. The molecule has 2 heteroatoms. The van der Waals surface area contributed by atoms with E-state index in [1.807, 2.05) is 0 Å². The van der Waals surface area contributed by atoms with Crippen LogP contribution in [0.1, 0.15) is 53.4 Å². The predicted molar refractivity (Wildman–Crippen MR) is 71.5 cm³/mol. The molecule has 1 rings (SSSR count). The third-order valence-corrected chi connectivity index (χ3v) is 4.19. The van der Waals surface area contributed by atoms with Crippen molar-refractivity contribution in [2.75, 3.05) is 19.6 Å². The third kappa shape index (κ3) is 2.98. The molecule has 0 spiro atoms. The third-order valence-electron chi connectivity index (χ3n) is 4.19. The molecule has 0 amide bonds. The van der Waals surface area contributed by atoms with Crippen molar-refractivity contribution in [3.63, 3.8) is 0 Å². The summed E-state index contributed by atoms with van der Waals surface area (Å²) < 4.78 is 0. The van der Waals surface area contributed by atoms with Crippen molar-refractivity contribution in [3.8, 4) is 0 Å². The van der Waals surface area contributed by atoms with E-state index in [9.17, 15) is 0 Å². The van der Waals surface area contributed by atoms with Gasteiger partial charge in [0, 0.05) is 12.1 Å². The second-order valence-electron chi connectivity index (χ2n) is 5.86. The van der Waals surface area contributed by atoms with Crippen LogP contribution in [0.3, 0.4) is 0 Å². The molecule has 0 radical (unpaired) electrons. The van der Waals surface area contributed by atoms with Gasteiger partial charge in [-0.2, -0.15) is 0 Å². The zero-order valence-electron chi connectivity index (χ0n) is 11.6. The first kappa shape index (κ1) is 14.0. The average Bonchev–Trinajstić information content (AvgIpc) is 2.24. The molecule has 0 heterocycles. The minimum Gasteiger partial charge on any atom is -0.329 e. The summed E-state index contributed by atoms with van der Waals surface area (Å²) in [6.07, 6.45) is 5.20. The summed E-state index contributed by atoms with van der Waals surface area (Å²) >= 11 is 0. The quantitative estimate of drug-likeness (QED) is 0.781. The van der Waals surface area contributed by atoms with E-state index in [2.05, 4.69) is 32.6 Å². The molecule has 2 atom stereocenters. The van der Waals surface area contributed by atoms with Gasteiger partial charge in [0.2, 0.25) is 0 Å². The zero-order valence-corrected chi connectivity index (χ0v) is 11.6. The van der Waals surface area contributed by atoms with Crippen molar-refractivity contribution in [2.24, 2.45) is 17.6 Å². The summed E-state index contributed by atoms with van der Waals surface area (Å²) in [7, 11) is 0. The van der Waals surface area contributed by atoms with Crippen LogP contribution in [0.15, 0.2) is 0 Å². The Kier molecular flexibility index (Phi) is 5.26. The lowest BCUT2D eigenvalue weighted by Crippen LogP contribution is -2.57. The molecule has 2 N–H and O–H groups in total. The van der Waals surface area contributed by atoms with Crippen molar-refractivity contribution in [1.82, 2.24) is 4.90 Å². The average molecular weight is 226 g/mol. The van der Waals surface area contributed by atoms with Gasteiger partial charge in [-0.05, 0) is 50.6 Å². The highest BCUT2D eigenvalue weighted by Gasteiger charge is 2.40. The first-order valence-corrected chi connectivity index (χ1v) is 7.03. The van der Waals surface area contributed by atoms with Crippen LogP contribution in [0.25, 0.3) is 0 Å². The lowest BCUT2D eigenvalue weighted by molar-refractivity contribution is 0.0230. The Morgan fingerprint density at radius 3 is 2.12 bits per heavy atom. The number of rotatable bonds is 5. The van der Waals surface area contributed by atoms with Crippen LogP contribution in [-0.4, -0.2) is 30.1 Å². The summed E-state index contributed by atoms with van der Waals surface area (Å²) in [6.45, 7) is 12.5. The second kappa shape index (κ2) is 6.02. The fourth-order valence-electron chi connectivity index (χ4n) is 3.79. The largest absolute Gasteiger partial charge is 0.329 e. The first-order valence-electron chi connectivity index (χ1n) is 7.03. The monoisotopic (exact) mass is 226 g/mol. The van der Waals surface area contributed by atoms with E-state index in [1.54, 1.807) is 0 Å². The Hall–Kier alpha value is -0.0800. The van der Waals surface area contributed by atoms with E-state index in [-0.39, 0.29) is 0 Å². The predicted octanol–water partition coefficient (Wildman–Crippen LogP) is 2.87. The summed E-state index contributed by atoms with van der Waals surface area (Å²) in [5, 5.41) is 0. The summed E-state index contributed by atoms with van der Waals surface area (Å²) in [4.78, 5) is 2.64. The molecule has 0 aromatic heterocycles. The maximum Gasteiger partial charge on any atom is 0.0336 e. The molecule has 2 unspecified atom stereocenters. The smallest absolute Gasteiger partial charge is 0.0336 e. The molecule has 0 aromatic carbocycles. The molecular weight excluding hydrogens is 196 g/mol. The van der Waals surface area contributed by atoms with E-state index < -0.39 is 0 Å². The minimum atomic E-state index is 0.293. The van der Waals surface area contributed by atoms with Gasteiger partial charge in [0.25, 0.3) is 0 Å². The minimum absolute atomic E-state index is 0.293. The lowest BCUT2D eigenvalue weighted by Gasteiger charge is -2.49. The summed E-state index contributed by atoms with van der Waals surface area (Å²) in [5.74, 6) is 1.66. The van der Waals surface area contributed by atoms with E-state index >= 15 is 0 Å². The van der Waals surface area contributed by atoms with Crippen LogP contribution < -0.4 is 5.73 Å². The number of hydrogen-bond donors (Lipinski definition) is 1. The Morgan fingerprint density at radius 1 is 1.19 bits per heavy atom. The molecule has 0 bridgehead atoms. The molecule has 0 saturated heterocycles. The van der Waals surface area contributed by atoms with Gasteiger partial charge in [-0.1, -0.05) is 27.7 Å². The number of hydrogen-bond acceptors (Lipinski definition) is 2. The van der Waals surface area contributed by atoms with Gasteiger partial charge < -0.3 is 5.73 Å². The second-order valence-corrected chi connectivity index (χ2v) is 5.86. The highest BCUT2D eigenvalue weighted by atomic mass is 15.2. The molecule has 1 saturated carbocycles. The van der Waals surface area contributed by atoms with E-state index in [0.717, 1.165) is 24.9 Å². The molecule has 16 heavy (non-hydrogen) atoms. The van der Waals surface area contributed by atoms with E-state index in [0.29, 0.717) is 5.54 Å². The van der Waals surface area contributed by atoms with Crippen LogP contribution in [0, 0.1) is 11.8 Å². The normalized spacial score (nSPS) is 35.6. The van der Waals surface area contributed by atoms with Crippen LogP contribution in [0.5, 0.6) is 0 Å². The molecular formula is C14H30N2. The van der Waals surface area contributed by atoms with Gasteiger partial charge in [-0.15, -0.1) is 0 Å². The van der Waals surface area contributed by atoms with Gasteiger partial charge in [0.15, 0.2) is 0 Å². The van der Waals surface area contributed by atoms with Crippen LogP contribution in [0.2, 0.25) is 0 Å². The van der Waals surface area contributed by atoms with Gasteiger partial charge in [0.1, 0.15) is 0 Å². The van der Waals surface area contributed by atoms with Crippen molar-refractivity contribution < 1.29 is 0 Å². The zero-order chi connectivity index (χ0) is 12.2. The van der Waals surface area contributed by atoms with Gasteiger partial charge in [-0.3, -0.25) is 4.90 Å². The number of nitrogens with zero attached hydrogens (tertiary/aromatic N) is 1. The molecule has 1 aliphatic carbocycles. The Morgan fingerprint density at radius 2 is 1.75 bits per heavy atom. The molecule has 96 valence electrons. The summed E-state index contributed by atoms with van der Waals surface area (Å²) in [6, 6.07) is 0. The number of nitrogens with two attached hydrogens (primary N) is 1. The van der Waals surface area contributed by atoms with Crippen molar-refractivity contribution >= 4 is 0 Å². The fraction of sp³-hybridized carbons (Fsp3) is 1.00. The Bertz CT molecular complexity index is 193. The SMILES string of the molecule is CCCN(CC)C1(CN)CC(C)CC(C)C1. The molecule has 2 nitrogen and oxygen atoms in total. The first-order chi connectivity index (χ1) is 7.57. The highest BCUT2D eigenvalue weighted by Crippen LogP contribution is 2.39. The lowest BCUT2D eigenvalue weighted by atomic mass is 9.70. The van der Waals surface area contributed by atoms with Crippen molar-refractivity contribution in [2.45, 2.75) is 58.9 Å².